The molecule has 0 unspecified atom stereocenters. The zero-order valence-corrected chi connectivity index (χ0v) is 13.7. The number of aromatic nitrogens is 4. The predicted molar refractivity (Wildman–Crippen MR) is 89.3 cm³/mol. The molecule has 112 valence electrons. The standard InChI is InChI=1S/C17H18N4S/c1-12-9-13(2)11-16(10-12)21-17(18-19-20-21)22-14(3)15-7-5-4-6-8-15/h4-11,14H,1-3H3/t14-/m1/s1. The average molecular weight is 310 g/mol. The summed E-state index contributed by atoms with van der Waals surface area (Å²) in [5, 5.41) is 13.3. The van der Waals surface area contributed by atoms with Gasteiger partial charge in [0.05, 0.1) is 5.69 Å². The number of tetrazole rings is 1. The maximum absolute atomic E-state index is 4.18. The van der Waals surface area contributed by atoms with Gasteiger partial charge in [-0.15, -0.1) is 5.10 Å². The summed E-state index contributed by atoms with van der Waals surface area (Å²) in [6.45, 7) is 6.33. The Morgan fingerprint density at radius 1 is 1.00 bits per heavy atom. The van der Waals surface area contributed by atoms with E-state index in [2.05, 4.69) is 78.8 Å². The van der Waals surface area contributed by atoms with Crippen LogP contribution in [0.4, 0.5) is 0 Å². The van der Waals surface area contributed by atoms with Crippen LogP contribution in [0.5, 0.6) is 0 Å². The third-order valence-corrected chi connectivity index (χ3v) is 4.53. The van der Waals surface area contributed by atoms with Crippen molar-refractivity contribution in [3.05, 3.63) is 65.2 Å². The van der Waals surface area contributed by atoms with Gasteiger partial charge < -0.3 is 0 Å². The second kappa shape index (κ2) is 6.32. The Balaban J connectivity index is 1.89. The molecule has 0 bridgehead atoms. The molecule has 3 aromatic rings. The molecule has 0 radical (unpaired) electrons. The smallest absolute Gasteiger partial charge is 0.187 e. The molecule has 0 saturated carbocycles. The summed E-state index contributed by atoms with van der Waals surface area (Å²) >= 11 is 1.66. The highest BCUT2D eigenvalue weighted by atomic mass is 32.2. The van der Waals surface area contributed by atoms with Crippen LogP contribution < -0.4 is 0 Å². The molecular formula is C17H18N4S. The molecule has 1 aromatic heterocycles. The van der Waals surface area contributed by atoms with E-state index in [1.807, 2.05) is 10.7 Å². The van der Waals surface area contributed by atoms with E-state index in [-0.39, 0.29) is 5.25 Å². The molecule has 0 aliphatic rings. The van der Waals surface area contributed by atoms with Gasteiger partial charge in [-0.05, 0) is 60.0 Å². The quantitative estimate of drug-likeness (QED) is 0.680. The molecule has 1 heterocycles. The molecule has 0 amide bonds. The number of benzene rings is 2. The molecule has 4 nitrogen and oxygen atoms in total. The Morgan fingerprint density at radius 3 is 2.36 bits per heavy atom. The molecule has 0 aliphatic carbocycles. The second-order valence-corrected chi connectivity index (χ2v) is 6.70. The van der Waals surface area contributed by atoms with Crippen molar-refractivity contribution in [3.63, 3.8) is 0 Å². The van der Waals surface area contributed by atoms with Crippen molar-refractivity contribution in [1.82, 2.24) is 20.2 Å². The summed E-state index contributed by atoms with van der Waals surface area (Å²) in [7, 11) is 0. The number of thioether (sulfide) groups is 1. The fourth-order valence-electron chi connectivity index (χ4n) is 2.44. The Morgan fingerprint density at radius 2 is 1.68 bits per heavy atom. The summed E-state index contributed by atoms with van der Waals surface area (Å²) < 4.78 is 1.81. The number of nitrogens with zero attached hydrogens (tertiary/aromatic N) is 4. The van der Waals surface area contributed by atoms with Crippen LogP contribution in [0.25, 0.3) is 5.69 Å². The Kier molecular flexibility index (Phi) is 4.24. The van der Waals surface area contributed by atoms with E-state index in [4.69, 9.17) is 0 Å². The predicted octanol–water partition coefficient (Wildman–Crippen LogP) is 4.13. The normalized spacial score (nSPS) is 12.3. The van der Waals surface area contributed by atoms with E-state index in [0.29, 0.717) is 0 Å². The van der Waals surface area contributed by atoms with Crippen molar-refractivity contribution < 1.29 is 0 Å². The fourth-order valence-corrected chi connectivity index (χ4v) is 3.37. The van der Waals surface area contributed by atoms with Gasteiger partial charge in [0.1, 0.15) is 0 Å². The molecule has 0 fully saturated rings. The van der Waals surface area contributed by atoms with Crippen molar-refractivity contribution in [1.29, 1.82) is 0 Å². The SMILES string of the molecule is Cc1cc(C)cc(-n2nnnc2S[C@H](C)c2ccccc2)c1. The van der Waals surface area contributed by atoms with E-state index in [0.717, 1.165) is 10.8 Å². The number of hydrogen-bond donors (Lipinski definition) is 0. The van der Waals surface area contributed by atoms with Gasteiger partial charge in [0.2, 0.25) is 5.16 Å². The van der Waals surface area contributed by atoms with Crippen LogP contribution in [-0.2, 0) is 0 Å². The molecular weight excluding hydrogens is 292 g/mol. The number of hydrogen-bond acceptors (Lipinski definition) is 4. The van der Waals surface area contributed by atoms with Crippen LogP contribution in [-0.4, -0.2) is 20.2 Å². The lowest BCUT2D eigenvalue weighted by molar-refractivity contribution is 0.753. The van der Waals surface area contributed by atoms with Crippen LogP contribution in [0.15, 0.2) is 53.7 Å². The summed E-state index contributed by atoms with van der Waals surface area (Å²) in [6, 6.07) is 16.7. The van der Waals surface area contributed by atoms with Gasteiger partial charge in [0, 0.05) is 5.25 Å². The second-order valence-electron chi connectivity index (χ2n) is 5.39. The number of aryl methyl sites for hydroxylation is 2. The van der Waals surface area contributed by atoms with Gasteiger partial charge in [-0.25, -0.2) is 0 Å². The molecule has 1 atom stereocenters. The highest BCUT2D eigenvalue weighted by Crippen LogP contribution is 2.33. The van der Waals surface area contributed by atoms with Crippen LogP contribution in [0, 0.1) is 13.8 Å². The average Bonchev–Trinajstić information content (AvgIpc) is 2.95. The highest BCUT2D eigenvalue weighted by molar-refractivity contribution is 7.99. The van der Waals surface area contributed by atoms with Crippen molar-refractivity contribution in [2.75, 3.05) is 0 Å². The lowest BCUT2D eigenvalue weighted by Crippen LogP contribution is -2.01. The van der Waals surface area contributed by atoms with Gasteiger partial charge in [0.15, 0.2) is 0 Å². The highest BCUT2D eigenvalue weighted by Gasteiger charge is 2.14. The van der Waals surface area contributed by atoms with E-state index in [1.165, 1.54) is 16.7 Å². The number of rotatable bonds is 4. The Hall–Kier alpha value is -2.14. The maximum Gasteiger partial charge on any atom is 0.214 e. The molecule has 22 heavy (non-hydrogen) atoms. The molecule has 0 N–H and O–H groups in total. The largest absolute Gasteiger partial charge is 0.214 e. The first kappa shape index (κ1) is 14.8. The minimum atomic E-state index is 0.289. The molecule has 0 aliphatic heterocycles. The van der Waals surface area contributed by atoms with Crippen molar-refractivity contribution in [2.24, 2.45) is 0 Å². The first-order valence-electron chi connectivity index (χ1n) is 7.22. The fraction of sp³-hybridized carbons (Fsp3) is 0.235. The van der Waals surface area contributed by atoms with E-state index < -0.39 is 0 Å². The monoisotopic (exact) mass is 310 g/mol. The van der Waals surface area contributed by atoms with Gasteiger partial charge in [-0.2, -0.15) is 4.68 Å². The van der Waals surface area contributed by atoms with Crippen molar-refractivity contribution in [2.45, 2.75) is 31.2 Å². The lowest BCUT2D eigenvalue weighted by Gasteiger charge is -2.11. The van der Waals surface area contributed by atoms with Crippen LogP contribution >= 0.6 is 11.8 Å². The van der Waals surface area contributed by atoms with Gasteiger partial charge in [-0.1, -0.05) is 48.2 Å². The van der Waals surface area contributed by atoms with Crippen molar-refractivity contribution >= 4 is 11.8 Å². The zero-order valence-electron chi connectivity index (χ0n) is 12.9. The van der Waals surface area contributed by atoms with Crippen molar-refractivity contribution in [3.8, 4) is 5.69 Å². The Labute approximate surface area is 134 Å². The van der Waals surface area contributed by atoms with Gasteiger partial charge in [-0.3, -0.25) is 0 Å². The summed E-state index contributed by atoms with van der Waals surface area (Å²) in [4.78, 5) is 0. The van der Waals surface area contributed by atoms with Crippen LogP contribution in [0.1, 0.15) is 28.9 Å². The molecule has 3 rings (SSSR count). The first-order chi connectivity index (χ1) is 10.6. The molecule has 5 heteroatoms. The zero-order chi connectivity index (χ0) is 15.5. The summed E-state index contributed by atoms with van der Waals surface area (Å²) in [5.74, 6) is 0. The minimum Gasteiger partial charge on any atom is -0.187 e. The summed E-state index contributed by atoms with van der Waals surface area (Å²) in [5.41, 5.74) is 4.68. The van der Waals surface area contributed by atoms with Gasteiger partial charge in [0.25, 0.3) is 0 Å². The third-order valence-electron chi connectivity index (χ3n) is 3.44. The Bertz CT molecular complexity index is 747. The minimum absolute atomic E-state index is 0.289. The topological polar surface area (TPSA) is 43.6 Å². The van der Waals surface area contributed by atoms with Gasteiger partial charge >= 0.3 is 0 Å². The van der Waals surface area contributed by atoms with E-state index in [1.54, 1.807) is 11.8 Å². The van der Waals surface area contributed by atoms with Crippen LogP contribution in [0.3, 0.4) is 0 Å². The summed E-state index contributed by atoms with van der Waals surface area (Å²) in [6.07, 6.45) is 0. The van der Waals surface area contributed by atoms with Crippen LogP contribution in [0.2, 0.25) is 0 Å². The first-order valence-corrected chi connectivity index (χ1v) is 8.10. The van der Waals surface area contributed by atoms with E-state index in [9.17, 15) is 0 Å². The third kappa shape index (κ3) is 3.20. The molecule has 2 aromatic carbocycles. The molecule has 0 saturated heterocycles. The lowest BCUT2D eigenvalue weighted by atomic mass is 10.1. The molecule has 0 spiro atoms. The van der Waals surface area contributed by atoms with E-state index >= 15 is 0 Å². The maximum atomic E-state index is 4.18.